The first-order valence-corrected chi connectivity index (χ1v) is 9.05. The maximum atomic E-state index is 12.4. The summed E-state index contributed by atoms with van der Waals surface area (Å²) < 4.78 is 0.307. The van der Waals surface area contributed by atoms with E-state index in [0.29, 0.717) is 14.8 Å². The quantitative estimate of drug-likeness (QED) is 0.247. The SMILES string of the molecule is O=C1/C(=C\C=C/c2ccccc2)SC(=S)N1/N=C/c1cccc([N+](=O)[O-])c1. The van der Waals surface area contributed by atoms with E-state index in [4.69, 9.17) is 12.2 Å². The smallest absolute Gasteiger partial charge is 0.266 e. The highest BCUT2D eigenvalue weighted by Gasteiger charge is 2.31. The molecule has 0 saturated carbocycles. The number of carbonyl (C=O) groups is 1. The van der Waals surface area contributed by atoms with Gasteiger partial charge in [0.05, 0.1) is 16.0 Å². The van der Waals surface area contributed by atoms with E-state index < -0.39 is 4.92 Å². The van der Waals surface area contributed by atoms with Crippen molar-refractivity contribution in [2.24, 2.45) is 5.10 Å². The van der Waals surface area contributed by atoms with E-state index >= 15 is 0 Å². The van der Waals surface area contributed by atoms with Gasteiger partial charge in [-0.25, -0.2) is 0 Å². The molecule has 2 aromatic rings. The van der Waals surface area contributed by atoms with Gasteiger partial charge in [-0.1, -0.05) is 66.4 Å². The van der Waals surface area contributed by atoms with Crippen LogP contribution in [0.15, 0.2) is 76.8 Å². The van der Waals surface area contributed by atoms with Crippen LogP contribution in [0.25, 0.3) is 6.08 Å². The van der Waals surface area contributed by atoms with Crippen molar-refractivity contribution in [3.05, 3.63) is 92.9 Å². The lowest BCUT2D eigenvalue weighted by Crippen LogP contribution is -2.22. The third-order valence-corrected chi connectivity index (χ3v) is 4.81. The Morgan fingerprint density at radius 2 is 1.85 bits per heavy atom. The van der Waals surface area contributed by atoms with Gasteiger partial charge in [-0.2, -0.15) is 10.1 Å². The maximum absolute atomic E-state index is 12.4. The summed E-state index contributed by atoms with van der Waals surface area (Å²) in [4.78, 5) is 23.2. The lowest BCUT2D eigenvalue weighted by molar-refractivity contribution is -0.384. The maximum Gasteiger partial charge on any atom is 0.286 e. The number of thioether (sulfide) groups is 1. The minimum absolute atomic E-state index is 0.0460. The molecule has 1 aliphatic rings. The molecule has 0 unspecified atom stereocenters. The number of hydrogen-bond donors (Lipinski definition) is 0. The Morgan fingerprint density at radius 3 is 2.59 bits per heavy atom. The summed E-state index contributed by atoms with van der Waals surface area (Å²) in [5, 5.41) is 16.0. The number of amides is 1. The van der Waals surface area contributed by atoms with Crippen LogP contribution < -0.4 is 0 Å². The van der Waals surface area contributed by atoms with Crippen molar-refractivity contribution in [3.8, 4) is 0 Å². The molecule has 0 radical (unpaired) electrons. The average molecular weight is 395 g/mol. The number of nitro groups is 1. The van der Waals surface area contributed by atoms with Crippen LogP contribution in [-0.4, -0.2) is 26.4 Å². The largest absolute Gasteiger partial charge is 0.286 e. The molecular formula is C19H13N3O3S2. The van der Waals surface area contributed by atoms with Crippen LogP contribution in [-0.2, 0) is 4.79 Å². The molecule has 1 saturated heterocycles. The number of hydrogen-bond acceptors (Lipinski definition) is 6. The van der Waals surface area contributed by atoms with Crippen LogP contribution >= 0.6 is 24.0 Å². The molecule has 0 aliphatic carbocycles. The van der Waals surface area contributed by atoms with Gasteiger partial charge in [0.2, 0.25) is 0 Å². The van der Waals surface area contributed by atoms with Crippen molar-refractivity contribution >= 4 is 52.2 Å². The molecule has 2 aromatic carbocycles. The Kier molecular flexibility index (Phi) is 5.90. The zero-order valence-electron chi connectivity index (χ0n) is 13.9. The lowest BCUT2D eigenvalue weighted by Gasteiger charge is -2.05. The van der Waals surface area contributed by atoms with Crippen molar-refractivity contribution in [1.82, 2.24) is 5.01 Å². The van der Waals surface area contributed by atoms with E-state index in [9.17, 15) is 14.9 Å². The summed E-state index contributed by atoms with van der Waals surface area (Å²) in [5.74, 6) is -0.329. The minimum Gasteiger partial charge on any atom is -0.266 e. The number of allylic oxidation sites excluding steroid dienone is 2. The molecule has 27 heavy (non-hydrogen) atoms. The van der Waals surface area contributed by atoms with Crippen LogP contribution in [0.2, 0.25) is 0 Å². The summed E-state index contributed by atoms with van der Waals surface area (Å²) in [6.45, 7) is 0. The summed E-state index contributed by atoms with van der Waals surface area (Å²) >= 11 is 6.36. The summed E-state index contributed by atoms with van der Waals surface area (Å²) in [6.07, 6.45) is 6.74. The van der Waals surface area contributed by atoms with E-state index in [1.165, 1.54) is 18.3 Å². The van der Waals surface area contributed by atoms with Gasteiger partial charge in [-0.05, 0) is 23.9 Å². The van der Waals surface area contributed by atoms with Crippen molar-refractivity contribution in [1.29, 1.82) is 0 Å². The highest BCUT2D eigenvalue weighted by Crippen LogP contribution is 2.31. The molecule has 1 amide bonds. The fourth-order valence-corrected chi connectivity index (χ4v) is 3.35. The van der Waals surface area contributed by atoms with Crippen LogP contribution in [0.5, 0.6) is 0 Å². The first-order valence-electron chi connectivity index (χ1n) is 7.83. The molecule has 1 aliphatic heterocycles. The zero-order valence-corrected chi connectivity index (χ0v) is 15.5. The highest BCUT2D eigenvalue weighted by atomic mass is 32.2. The molecule has 3 rings (SSSR count). The third-order valence-electron chi connectivity index (χ3n) is 3.51. The van der Waals surface area contributed by atoms with Crippen LogP contribution in [0.1, 0.15) is 11.1 Å². The van der Waals surface area contributed by atoms with E-state index in [0.717, 1.165) is 22.3 Å². The molecule has 8 heteroatoms. The second-order valence-corrected chi connectivity index (χ2v) is 7.06. The predicted molar refractivity (Wildman–Crippen MR) is 111 cm³/mol. The highest BCUT2D eigenvalue weighted by molar-refractivity contribution is 8.26. The number of nitrogens with zero attached hydrogens (tertiary/aromatic N) is 3. The third kappa shape index (κ3) is 4.75. The van der Waals surface area contributed by atoms with Crippen LogP contribution in [0.4, 0.5) is 5.69 Å². The fourth-order valence-electron chi connectivity index (χ4n) is 2.23. The summed E-state index contributed by atoms with van der Waals surface area (Å²) in [6, 6.07) is 15.7. The topological polar surface area (TPSA) is 75.8 Å². The van der Waals surface area contributed by atoms with E-state index in [1.54, 1.807) is 24.3 Å². The second kappa shape index (κ2) is 8.52. The standard InChI is InChI=1S/C19H13N3O3S2/c23-18-17(11-5-8-14-6-2-1-3-7-14)27-19(26)21(18)20-13-15-9-4-10-16(12-15)22(24)25/h1-13H/b8-5-,17-11+,20-13+. The zero-order chi connectivity index (χ0) is 19.2. The number of nitro benzene ring substituents is 1. The monoisotopic (exact) mass is 395 g/mol. The molecule has 0 atom stereocenters. The molecule has 1 fully saturated rings. The Hall–Kier alpha value is -3.10. The van der Waals surface area contributed by atoms with Gasteiger partial charge in [-0.15, -0.1) is 0 Å². The molecule has 134 valence electrons. The average Bonchev–Trinajstić information content (AvgIpc) is 2.94. The Bertz CT molecular complexity index is 985. The molecule has 6 nitrogen and oxygen atoms in total. The molecule has 1 heterocycles. The second-order valence-electron chi connectivity index (χ2n) is 5.38. The number of thiocarbonyl (C=S) groups is 1. The molecule has 0 bridgehead atoms. The number of rotatable bonds is 5. The van der Waals surface area contributed by atoms with Crippen molar-refractivity contribution in [3.63, 3.8) is 0 Å². The van der Waals surface area contributed by atoms with Gasteiger partial charge in [-0.3, -0.25) is 14.9 Å². The normalized spacial score (nSPS) is 16.1. The van der Waals surface area contributed by atoms with E-state index in [2.05, 4.69) is 5.10 Å². The molecule has 0 spiro atoms. The number of benzene rings is 2. The number of non-ortho nitro benzene ring substituents is 1. The van der Waals surface area contributed by atoms with Crippen molar-refractivity contribution in [2.75, 3.05) is 0 Å². The van der Waals surface area contributed by atoms with Crippen LogP contribution in [0, 0.1) is 10.1 Å². The Morgan fingerprint density at radius 1 is 1.11 bits per heavy atom. The minimum atomic E-state index is -0.487. The van der Waals surface area contributed by atoms with E-state index in [1.807, 2.05) is 36.4 Å². The van der Waals surface area contributed by atoms with Crippen molar-refractivity contribution in [2.45, 2.75) is 0 Å². The van der Waals surface area contributed by atoms with Crippen LogP contribution in [0.3, 0.4) is 0 Å². The summed E-state index contributed by atoms with van der Waals surface area (Å²) in [5.41, 5.74) is 1.48. The first-order chi connectivity index (χ1) is 13.0. The van der Waals surface area contributed by atoms with Gasteiger partial charge in [0.1, 0.15) is 0 Å². The predicted octanol–water partition coefficient (Wildman–Crippen LogP) is 4.39. The van der Waals surface area contributed by atoms with Gasteiger partial charge >= 0.3 is 0 Å². The van der Waals surface area contributed by atoms with Gasteiger partial charge in [0.15, 0.2) is 4.32 Å². The van der Waals surface area contributed by atoms with Gasteiger partial charge in [0.25, 0.3) is 11.6 Å². The van der Waals surface area contributed by atoms with Gasteiger partial charge < -0.3 is 0 Å². The molecular weight excluding hydrogens is 382 g/mol. The lowest BCUT2D eigenvalue weighted by atomic mass is 10.2. The Labute approximate surface area is 165 Å². The summed E-state index contributed by atoms with van der Waals surface area (Å²) in [7, 11) is 0. The fraction of sp³-hybridized carbons (Fsp3) is 0. The Balaban J connectivity index is 1.72. The molecule has 0 N–H and O–H groups in total. The number of hydrazone groups is 1. The van der Waals surface area contributed by atoms with Gasteiger partial charge in [0, 0.05) is 17.7 Å². The number of carbonyl (C=O) groups excluding carboxylic acids is 1. The molecule has 0 aromatic heterocycles. The first kappa shape index (κ1) is 18.7. The van der Waals surface area contributed by atoms with Crippen molar-refractivity contribution < 1.29 is 9.72 Å². The van der Waals surface area contributed by atoms with E-state index in [-0.39, 0.29) is 11.6 Å².